The molecule has 226 valence electrons. The number of primary amides is 1. The standard InChI is InChI=1S/C32H35FN4O6/c33-30-20(1-5-27-25(30)4-6-26(35-27)19-10-13-42-14-11-19)16-36-12-9-23(18-36)43-22-2-3-24-21(15-22)17-37(32(24)41)28(31(34)40)7-8-29(38)39/h1-6,15,19,23,28H,7-14,16-18H2,(H2,34,40)(H,38,39). The van der Waals surface area contributed by atoms with E-state index in [1.165, 1.54) is 4.90 Å². The minimum absolute atomic E-state index is 0.0443. The molecule has 6 rings (SSSR count). The third-order valence-corrected chi connectivity index (χ3v) is 8.72. The summed E-state index contributed by atoms with van der Waals surface area (Å²) in [5.41, 5.74) is 8.93. The van der Waals surface area contributed by atoms with E-state index in [-0.39, 0.29) is 37.2 Å². The molecule has 0 bridgehead atoms. The maximum absolute atomic E-state index is 15.5. The summed E-state index contributed by atoms with van der Waals surface area (Å²) in [5.74, 6) is -1.43. The van der Waals surface area contributed by atoms with Gasteiger partial charge in [0.1, 0.15) is 23.7 Å². The van der Waals surface area contributed by atoms with Crippen LogP contribution in [0.5, 0.6) is 5.75 Å². The molecule has 4 heterocycles. The van der Waals surface area contributed by atoms with Crippen molar-refractivity contribution >= 4 is 28.7 Å². The van der Waals surface area contributed by atoms with Crippen molar-refractivity contribution in [2.75, 3.05) is 26.3 Å². The first-order valence-electron chi connectivity index (χ1n) is 14.8. The number of pyridine rings is 1. The molecule has 11 heteroatoms. The molecule has 3 aliphatic rings. The second kappa shape index (κ2) is 12.3. The molecule has 2 saturated heterocycles. The van der Waals surface area contributed by atoms with Crippen molar-refractivity contribution in [3.8, 4) is 5.75 Å². The highest BCUT2D eigenvalue weighted by Crippen LogP contribution is 2.32. The maximum Gasteiger partial charge on any atom is 0.303 e. The van der Waals surface area contributed by atoms with E-state index in [0.717, 1.165) is 44.7 Å². The van der Waals surface area contributed by atoms with E-state index in [4.69, 9.17) is 25.3 Å². The van der Waals surface area contributed by atoms with E-state index in [9.17, 15) is 14.4 Å². The second-order valence-corrected chi connectivity index (χ2v) is 11.6. The Hall–Kier alpha value is -4.09. The quantitative estimate of drug-likeness (QED) is 0.366. The molecule has 10 nitrogen and oxygen atoms in total. The number of amides is 2. The maximum atomic E-state index is 15.5. The Morgan fingerprint density at radius 2 is 1.95 bits per heavy atom. The van der Waals surface area contributed by atoms with Crippen molar-refractivity contribution in [2.24, 2.45) is 5.73 Å². The van der Waals surface area contributed by atoms with Crippen LogP contribution in [0.3, 0.4) is 0 Å². The highest BCUT2D eigenvalue weighted by Gasteiger charge is 2.36. The molecule has 2 unspecified atom stereocenters. The summed E-state index contributed by atoms with van der Waals surface area (Å²) >= 11 is 0. The predicted octanol–water partition coefficient (Wildman–Crippen LogP) is 3.60. The lowest BCUT2D eigenvalue weighted by atomic mass is 9.95. The van der Waals surface area contributed by atoms with E-state index < -0.39 is 17.9 Å². The van der Waals surface area contributed by atoms with Gasteiger partial charge in [0.05, 0.1) is 5.52 Å². The lowest BCUT2D eigenvalue weighted by Gasteiger charge is -2.24. The van der Waals surface area contributed by atoms with Crippen LogP contribution in [0, 0.1) is 5.82 Å². The number of rotatable bonds is 10. The summed E-state index contributed by atoms with van der Waals surface area (Å²) in [6.45, 7) is 3.46. The van der Waals surface area contributed by atoms with Gasteiger partial charge in [0.15, 0.2) is 0 Å². The Labute approximate surface area is 248 Å². The van der Waals surface area contributed by atoms with Gasteiger partial charge in [0.2, 0.25) is 5.91 Å². The molecule has 2 atom stereocenters. The van der Waals surface area contributed by atoms with Gasteiger partial charge in [-0.05, 0) is 67.6 Å². The average Bonchev–Trinajstić information content (AvgIpc) is 3.57. The summed E-state index contributed by atoms with van der Waals surface area (Å²) < 4.78 is 27.2. The summed E-state index contributed by atoms with van der Waals surface area (Å²) in [4.78, 5) is 44.2. The lowest BCUT2D eigenvalue weighted by Crippen LogP contribution is -2.45. The smallest absolute Gasteiger partial charge is 0.303 e. The highest BCUT2D eigenvalue weighted by atomic mass is 19.1. The first kappa shape index (κ1) is 29.0. The number of carbonyl (C=O) groups is 3. The van der Waals surface area contributed by atoms with Crippen LogP contribution < -0.4 is 10.5 Å². The third kappa shape index (κ3) is 6.18. The van der Waals surface area contributed by atoms with Crippen molar-refractivity contribution < 1.29 is 33.4 Å². The topological polar surface area (TPSA) is 135 Å². The molecule has 3 aliphatic heterocycles. The zero-order valence-corrected chi connectivity index (χ0v) is 23.8. The van der Waals surface area contributed by atoms with E-state index in [1.807, 2.05) is 24.3 Å². The Balaban J connectivity index is 1.07. The molecule has 0 saturated carbocycles. The van der Waals surface area contributed by atoms with Crippen LogP contribution in [-0.4, -0.2) is 76.1 Å². The second-order valence-electron chi connectivity index (χ2n) is 11.6. The number of likely N-dealkylation sites (tertiary alicyclic amines) is 1. The van der Waals surface area contributed by atoms with E-state index in [2.05, 4.69) is 4.90 Å². The van der Waals surface area contributed by atoms with Crippen molar-refractivity contribution in [3.63, 3.8) is 0 Å². The summed E-state index contributed by atoms with van der Waals surface area (Å²) in [6, 6.07) is 11.7. The molecule has 1 aromatic heterocycles. The average molecular weight is 591 g/mol. The van der Waals surface area contributed by atoms with E-state index >= 15 is 4.39 Å². The molecular weight excluding hydrogens is 555 g/mol. The number of fused-ring (bicyclic) bond motifs is 2. The molecule has 0 spiro atoms. The summed E-state index contributed by atoms with van der Waals surface area (Å²) in [6.07, 6.45) is 2.22. The lowest BCUT2D eigenvalue weighted by molar-refractivity contribution is -0.137. The van der Waals surface area contributed by atoms with Gasteiger partial charge in [-0.1, -0.05) is 6.07 Å². The Bertz CT molecular complexity index is 1560. The monoisotopic (exact) mass is 590 g/mol. The molecular formula is C32H35FN4O6. The Kier molecular flexibility index (Phi) is 8.27. The zero-order valence-electron chi connectivity index (χ0n) is 23.8. The van der Waals surface area contributed by atoms with Gasteiger partial charge in [-0.25, -0.2) is 4.39 Å². The number of ether oxygens (including phenoxy) is 2. The number of halogens is 1. The molecule has 2 amide bonds. The van der Waals surface area contributed by atoms with Crippen LogP contribution in [0.2, 0.25) is 0 Å². The molecule has 3 aromatic rings. The van der Waals surface area contributed by atoms with Gasteiger partial charge in [0, 0.05) is 73.9 Å². The van der Waals surface area contributed by atoms with E-state index in [0.29, 0.717) is 52.4 Å². The number of benzene rings is 2. The fraction of sp³-hybridized carbons (Fsp3) is 0.438. The van der Waals surface area contributed by atoms with Gasteiger partial charge in [-0.15, -0.1) is 0 Å². The normalized spacial score (nSPS) is 20.0. The Morgan fingerprint density at radius 3 is 2.72 bits per heavy atom. The number of aromatic nitrogens is 1. The summed E-state index contributed by atoms with van der Waals surface area (Å²) in [5, 5.41) is 9.54. The molecule has 0 aliphatic carbocycles. The summed E-state index contributed by atoms with van der Waals surface area (Å²) in [7, 11) is 0. The number of hydrogen-bond donors (Lipinski definition) is 2. The SMILES string of the molecule is NC(=O)C(CCC(=O)O)N1Cc2cc(OC3CCN(Cc4ccc5nc(C6CCOCC6)ccc5c4F)C3)ccc2C1=O. The van der Waals surface area contributed by atoms with Crippen LogP contribution in [0.25, 0.3) is 10.9 Å². The van der Waals surface area contributed by atoms with Crippen molar-refractivity contribution in [1.82, 2.24) is 14.8 Å². The fourth-order valence-electron chi connectivity index (χ4n) is 6.40. The van der Waals surface area contributed by atoms with Crippen LogP contribution in [-0.2, 0) is 27.4 Å². The number of carboxylic acid groups (broad SMARTS) is 1. The largest absolute Gasteiger partial charge is 0.489 e. The molecule has 0 radical (unpaired) electrons. The third-order valence-electron chi connectivity index (χ3n) is 8.72. The van der Waals surface area contributed by atoms with Gasteiger partial charge < -0.3 is 25.2 Å². The van der Waals surface area contributed by atoms with Gasteiger partial charge >= 0.3 is 5.97 Å². The van der Waals surface area contributed by atoms with Crippen LogP contribution >= 0.6 is 0 Å². The first-order chi connectivity index (χ1) is 20.8. The minimum atomic E-state index is -1.06. The molecule has 43 heavy (non-hydrogen) atoms. The van der Waals surface area contributed by atoms with Crippen LogP contribution in [0.4, 0.5) is 4.39 Å². The first-order valence-corrected chi connectivity index (χ1v) is 14.8. The highest BCUT2D eigenvalue weighted by molar-refractivity contribution is 6.01. The number of aliphatic carboxylic acids is 1. The molecule has 2 aromatic carbocycles. The van der Waals surface area contributed by atoms with Crippen molar-refractivity contribution in [3.05, 3.63) is 70.7 Å². The fourth-order valence-corrected chi connectivity index (χ4v) is 6.40. The van der Waals surface area contributed by atoms with Gasteiger partial charge in [-0.3, -0.25) is 24.3 Å². The number of nitrogens with zero attached hydrogens (tertiary/aromatic N) is 3. The molecule has 3 N–H and O–H groups in total. The number of nitrogens with two attached hydrogens (primary N) is 1. The van der Waals surface area contributed by atoms with Gasteiger partial charge in [0.25, 0.3) is 5.91 Å². The van der Waals surface area contributed by atoms with Gasteiger partial charge in [-0.2, -0.15) is 0 Å². The van der Waals surface area contributed by atoms with E-state index in [1.54, 1.807) is 18.2 Å². The predicted molar refractivity (Wildman–Crippen MR) is 155 cm³/mol. The van der Waals surface area contributed by atoms with Crippen LogP contribution in [0.15, 0.2) is 42.5 Å². The zero-order chi connectivity index (χ0) is 30.1. The van der Waals surface area contributed by atoms with Crippen molar-refractivity contribution in [2.45, 2.75) is 63.3 Å². The number of carboxylic acids is 1. The number of carbonyl (C=O) groups excluding carboxylic acids is 2. The molecule has 2 fully saturated rings. The Morgan fingerprint density at radius 1 is 1.14 bits per heavy atom. The minimum Gasteiger partial charge on any atom is -0.489 e. The van der Waals surface area contributed by atoms with Crippen LogP contribution in [0.1, 0.15) is 65.2 Å². The van der Waals surface area contributed by atoms with Crippen molar-refractivity contribution in [1.29, 1.82) is 0 Å². The number of hydrogen-bond acceptors (Lipinski definition) is 7.